The van der Waals surface area contributed by atoms with Gasteiger partial charge in [0.05, 0.1) is 6.54 Å². The zero-order valence-corrected chi connectivity index (χ0v) is 10.7. The van der Waals surface area contributed by atoms with Crippen molar-refractivity contribution in [3.63, 3.8) is 0 Å². The Morgan fingerprint density at radius 2 is 2.22 bits per heavy atom. The second-order valence-corrected chi connectivity index (χ2v) is 4.98. The molecular formula is C13H13FN2OS. The third-order valence-corrected chi connectivity index (χ3v) is 3.58. The molecule has 3 N–H and O–H groups in total. The molecule has 0 saturated carbocycles. The molecule has 0 aliphatic heterocycles. The van der Waals surface area contributed by atoms with Gasteiger partial charge in [0.2, 0.25) is 0 Å². The number of amides is 1. The van der Waals surface area contributed by atoms with E-state index in [0.717, 1.165) is 10.4 Å². The fraction of sp³-hybridized carbons (Fsp3) is 0.154. The Morgan fingerprint density at radius 1 is 1.44 bits per heavy atom. The van der Waals surface area contributed by atoms with Crippen LogP contribution >= 0.6 is 11.3 Å². The molecule has 5 heteroatoms. The molecular weight excluding hydrogens is 251 g/mol. The van der Waals surface area contributed by atoms with E-state index in [1.807, 2.05) is 18.4 Å². The molecule has 1 aromatic heterocycles. The minimum absolute atomic E-state index is 0.238. The maximum Gasteiger partial charge on any atom is 0.251 e. The van der Waals surface area contributed by atoms with Crippen LogP contribution < -0.4 is 11.1 Å². The topological polar surface area (TPSA) is 55.1 Å². The predicted octanol–water partition coefficient (Wildman–Crippen LogP) is 2.71. The monoisotopic (exact) mass is 264 g/mol. The Morgan fingerprint density at radius 3 is 2.83 bits per heavy atom. The van der Waals surface area contributed by atoms with Crippen LogP contribution in [-0.2, 0) is 6.54 Å². The van der Waals surface area contributed by atoms with Crippen molar-refractivity contribution in [2.45, 2.75) is 13.5 Å². The molecule has 3 nitrogen and oxygen atoms in total. The van der Waals surface area contributed by atoms with Crippen molar-refractivity contribution in [1.29, 1.82) is 0 Å². The molecule has 0 spiro atoms. The summed E-state index contributed by atoms with van der Waals surface area (Å²) in [6.45, 7) is 2.43. The lowest BCUT2D eigenvalue weighted by molar-refractivity contribution is 0.0951. The van der Waals surface area contributed by atoms with Gasteiger partial charge < -0.3 is 11.1 Å². The Labute approximate surface area is 108 Å². The number of rotatable bonds is 3. The molecule has 0 radical (unpaired) electrons. The molecule has 0 saturated heterocycles. The quantitative estimate of drug-likeness (QED) is 0.837. The summed E-state index contributed by atoms with van der Waals surface area (Å²) < 4.78 is 13.1. The lowest BCUT2D eigenvalue weighted by atomic mass is 10.2. The van der Waals surface area contributed by atoms with Crippen LogP contribution in [0.5, 0.6) is 0 Å². The van der Waals surface area contributed by atoms with Gasteiger partial charge in [-0.15, -0.1) is 11.3 Å². The number of nitrogen functional groups attached to an aromatic ring is 1. The van der Waals surface area contributed by atoms with Gasteiger partial charge in [0, 0.05) is 16.1 Å². The number of benzene rings is 1. The fourth-order valence-corrected chi connectivity index (χ4v) is 2.44. The van der Waals surface area contributed by atoms with Gasteiger partial charge in [-0.3, -0.25) is 4.79 Å². The van der Waals surface area contributed by atoms with Gasteiger partial charge in [-0.1, -0.05) is 0 Å². The van der Waals surface area contributed by atoms with Crippen molar-refractivity contribution in [2.75, 3.05) is 5.73 Å². The molecule has 0 atom stereocenters. The smallest absolute Gasteiger partial charge is 0.251 e. The highest BCUT2D eigenvalue weighted by Crippen LogP contribution is 2.15. The van der Waals surface area contributed by atoms with Crippen molar-refractivity contribution in [1.82, 2.24) is 5.32 Å². The number of hydrogen-bond acceptors (Lipinski definition) is 3. The number of thiophene rings is 1. The highest BCUT2D eigenvalue weighted by Gasteiger charge is 2.09. The maximum atomic E-state index is 13.1. The van der Waals surface area contributed by atoms with E-state index in [4.69, 9.17) is 5.73 Å². The van der Waals surface area contributed by atoms with Crippen LogP contribution in [0.3, 0.4) is 0 Å². The third-order valence-electron chi connectivity index (χ3n) is 2.56. The van der Waals surface area contributed by atoms with Gasteiger partial charge in [-0.25, -0.2) is 4.39 Å². The van der Waals surface area contributed by atoms with Crippen LogP contribution in [0.1, 0.15) is 20.8 Å². The summed E-state index contributed by atoms with van der Waals surface area (Å²) >= 11 is 1.58. The van der Waals surface area contributed by atoms with Crippen LogP contribution in [0.15, 0.2) is 29.6 Å². The summed E-state index contributed by atoms with van der Waals surface area (Å²) in [5.74, 6) is -0.832. The summed E-state index contributed by atoms with van der Waals surface area (Å²) in [6.07, 6.45) is 0. The largest absolute Gasteiger partial charge is 0.399 e. The minimum Gasteiger partial charge on any atom is -0.399 e. The number of nitrogens with two attached hydrogens (primary N) is 1. The van der Waals surface area contributed by atoms with Crippen LogP contribution in [0, 0.1) is 12.7 Å². The van der Waals surface area contributed by atoms with E-state index >= 15 is 0 Å². The summed E-state index contributed by atoms with van der Waals surface area (Å²) in [7, 11) is 0. The van der Waals surface area contributed by atoms with E-state index in [1.165, 1.54) is 18.2 Å². The first-order valence-electron chi connectivity index (χ1n) is 5.43. The third kappa shape index (κ3) is 2.87. The van der Waals surface area contributed by atoms with Gasteiger partial charge in [-0.2, -0.15) is 0 Å². The fourth-order valence-electron chi connectivity index (χ4n) is 1.59. The average Bonchev–Trinajstić information content (AvgIpc) is 2.70. The number of halogens is 1. The summed E-state index contributed by atoms with van der Waals surface area (Å²) in [5, 5.41) is 4.72. The van der Waals surface area contributed by atoms with Crippen molar-refractivity contribution in [3.05, 3.63) is 51.5 Å². The lowest BCUT2D eigenvalue weighted by Crippen LogP contribution is -2.22. The number of carbonyl (C=O) groups is 1. The molecule has 94 valence electrons. The Hall–Kier alpha value is -1.88. The molecule has 0 bridgehead atoms. The first-order chi connectivity index (χ1) is 8.56. The molecule has 2 aromatic rings. The highest BCUT2D eigenvalue weighted by atomic mass is 32.1. The zero-order chi connectivity index (χ0) is 13.1. The number of nitrogens with one attached hydrogen (secondary N) is 1. The molecule has 0 aliphatic rings. The Bertz CT molecular complexity index is 560. The lowest BCUT2D eigenvalue weighted by Gasteiger charge is -2.06. The van der Waals surface area contributed by atoms with Crippen molar-refractivity contribution in [2.24, 2.45) is 0 Å². The highest BCUT2D eigenvalue weighted by molar-refractivity contribution is 7.10. The van der Waals surface area contributed by atoms with E-state index in [0.29, 0.717) is 6.54 Å². The maximum absolute atomic E-state index is 13.1. The normalized spacial score (nSPS) is 10.3. The Balaban J connectivity index is 2.06. The van der Waals surface area contributed by atoms with Crippen molar-refractivity contribution < 1.29 is 9.18 Å². The number of aryl methyl sites for hydroxylation is 1. The van der Waals surface area contributed by atoms with Crippen molar-refractivity contribution >= 4 is 22.9 Å². The van der Waals surface area contributed by atoms with Gasteiger partial charge >= 0.3 is 0 Å². The van der Waals surface area contributed by atoms with Crippen LogP contribution in [-0.4, -0.2) is 5.91 Å². The summed E-state index contributed by atoms with van der Waals surface area (Å²) in [6, 6.07) is 5.80. The van der Waals surface area contributed by atoms with Crippen LogP contribution in [0.2, 0.25) is 0 Å². The van der Waals surface area contributed by atoms with Gasteiger partial charge in [0.15, 0.2) is 0 Å². The standard InChI is InChI=1S/C13H13FN2OS/c1-8-2-3-18-12(8)7-16-13(17)9-4-10(14)6-11(15)5-9/h2-6H,7,15H2,1H3,(H,16,17). The SMILES string of the molecule is Cc1ccsc1CNC(=O)c1cc(N)cc(F)c1. The molecule has 0 unspecified atom stereocenters. The summed E-state index contributed by atoms with van der Waals surface area (Å²) in [4.78, 5) is 12.9. The van der Waals surface area contributed by atoms with E-state index in [-0.39, 0.29) is 17.2 Å². The summed E-state index contributed by atoms with van der Waals surface area (Å²) in [5.41, 5.74) is 7.11. The van der Waals surface area contributed by atoms with E-state index in [9.17, 15) is 9.18 Å². The number of carbonyl (C=O) groups excluding carboxylic acids is 1. The molecule has 1 aromatic carbocycles. The van der Waals surface area contributed by atoms with E-state index < -0.39 is 5.82 Å². The molecule has 18 heavy (non-hydrogen) atoms. The second-order valence-electron chi connectivity index (χ2n) is 3.98. The Kier molecular flexibility index (Phi) is 3.62. The number of anilines is 1. The zero-order valence-electron chi connectivity index (χ0n) is 9.87. The molecule has 1 heterocycles. The first-order valence-corrected chi connectivity index (χ1v) is 6.31. The molecule has 0 fully saturated rings. The van der Waals surface area contributed by atoms with Crippen molar-refractivity contribution in [3.8, 4) is 0 Å². The molecule has 0 aliphatic carbocycles. The second kappa shape index (κ2) is 5.18. The number of hydrogen-bond donors (Lipinski definition) is 2. The van der Waals surface area contributed by atoms with E-state index in [1.54, 1.807) is 11.3 Å². The van der Waals surface area contributed by atoms with Crippen LogP contribution in [0.4, 0.5) is 10.1 Å². The average molecular weight is 264 g/mol. The van der Waals surface area contributed by atoms with Crippen LogP contribution in [0.25, 0.3) is 0 Å². The molecule has 2 rings (SSSR count). The van der Waals surface area contributed by atoms with E-state index in [2.05, 4.69) is 5.32 Å². The minimum atomic E-state index is -0.507. The van der Waals surface area contributed by atoms with Gasteiger partial charge in [0.25, 0.3) is 5.91 Å². The molecule has 1 amide bonds. The van der Waals surface area contributed by atoms with Gasteiger partial charge in [0.1, 0.15) is 5.82 Å². The first kappa shape index (κ1) is 12.6. The predicted molar refractivity (Wildman–Crippen MR) is 71.0 cm³/mol. The van der Waals surface area contributed by atoms with Gasteiger partial charge in [-0.05, 0) is 42.1 Å².